The highest BCUT2D eigenvalue weighted by molar-refractivity contribution is 5.96. The number of amides is 1. The number of benzene rings is 1. The van der Waals surface area contributed by atoms with Crippen molar-refractivity contribution in [2.24, 2.45) is 0 Å². The van der Waals surface area contributed by atoms with Gasteiger partial charge in [-0.1, -0.05) is 5.21 Å². The highest BCUT2D eigenvalue weighted by atomic mass is 19.1. The Balaban J connectivity index is 1.51. The summed E-state index contributed by atoms with van der Waals surface area (Å²) in [6.45, 7) is 0.0375. The monoisotopic (exact) mass is 380 g/mol. The Morgan fingerprint density at radius 2 is 2.07 bits per heavy atom. The standard InChI is InChI=1S/C18H13FN6O3/c19-11-3-4-14-12(9-11)18(28)25(24-23-14)7-6-21-16(26)13-8-10-2-1-5-20-15(10)22-17(13)27/h1-5,8-9H,6-7H2,(H,21,26)(H,20,22,27). The van der Waals surface area contributed by atoms with Crippen LogP contribution in [0, 0.1) is 5.82 Å². The van der Waals surface area contributed by atoms with Gasteiger partial charge in [-0.2, -0.15) is 0 Å². The van der Waals surface area contributed by atoms with Crippen LogP contribution in [0.3, 0.4) is 0 Å². The molecule has 4 rings (SSSR count). The first kappa shape index (κ1) is 17.5. The van der Waals surface area contributed by atoms with Crippen LogP contribution in [0.25, 0.3) is 21.9 Å². The minimum atomic E-state index is -0.597. The molecular weight excluding hydrogens is 367 g/mol. The fraction of sp³-hybridized carbons (Fsp3) is 0.111. The van der Waals surface area contributed by atoms with Gasteiger partial charge in [0.2, 0.25) is 0 Å². The summed E-state index contributed by atoms with van der Waals surface area (Å²) in [7, 11) is 0. The van der Waals surface area contributed by atoms with Crippen LogP contribution in [0.5, 0.6) is 0 Å². The number of aromatic amines is 1. The summed E-state index contributed by atoms with van der Waals surface area (Å²) in [6.07, 6.45) is 1.53. The molecule has 4 aromatic rings. The quantitative estimate of drug-likeness (QED) is 0.534. The summed E-state index contributed by atoms with van der Waals surface area (Å²) < 4.78 is 14.4. The van der Waals surface area contributed by atoms with Crippen LogP contribution in [0.2, 0.25) is 0 Å². The Morgan fingerprint density at radius 1 is 1.21 bits per heavy atom. The maximum Gasteiger partial charge on any atom is 0.277 e. The summed E-state index contributed by atoms with van der Waals surface area (Å²) in [6, 6.07) is 8.50. The lowest BCUT2D eigenvalue weighted by atomic mass is 10.2. The molecule has 0 spiro atoms. The molecule has 1 amide bonds. The van der Waals surface area contributed by atoms with Crippen molar-refractivity contribution in [2.45, 2.75) is 6.54 Å². The molecule has 0 aliphatic rings. The molecular formula is C18H13FN6O3. The van der Waals surface area contributed by atoms with Crippen molar-refractivity contribution in [3.05, 3.63) is 74.7 Å². The Hall–Kier alpha value is -3.95. The van der Waals surface area contributed by atoms with Gasteiger partial charge in [-0.25, -0.2) is 14.1 Å². The smallest absolute Gasteiger partial charge is 0.277 e. The molecule has 0 fully saturated rings. The fourth-order valence-electron chi connectivity index (χ4n) is 2.77. The van der Waals surface area contributed by atoms with E-state index in [1.165, 1.54) is 24.4 Å². The van der Waals surface area contributed by atoms with Crippen LogP contribution in [0.4, 0.5) is 4.39 Å². The van der Waals surface area contributed by atoms with Gasteiger partial charge in [-0.15, -0.1) is 5.10 Å². The molecule has 0 aliphatic carbocycles. The second-order valence-electron chi connectivity index (χ2n) is 5.99. The van der Waals surface area contributed by atoms with E-state index in [9.17, 15) is 18.8 Å². The van der Waals surface area contributed by atoms with E-state index >= 15 is 0 Å². The van der Waals surface area contributed by atoms with Crippen molar-refractivity contribution in [2.75, 3.05) is 6.54 Å². The van der Waals surface area contributed by atoms with Crippen molar-refractivity contribution in [3.63, 3.8) is 0 Å². The number of nitrogens with zero attached hydrogens (tertiary/aromatic N) is 4. The molecule has 0 aliphatic heterocycles. The molecule has 0 unspecified atom stereocenters. The van der Waals surface area contributed by atoms with Crippen LogP contribution in [-0.2, 0) is 6.54 Å². The number of carbonyl (C=O) groups is 1. The van der Waals surface area contributed by atoms with Crippen LogP contribution < -0.4 is 16.4 Å². The summed E-state index contributed by atoms with van der Waals surface area (Å²) in [5.41, 5.74) is -0.494. The highest BCUT2D eigenvalue weighted by Crippen LogP contribution is 2.08. The molecule has 0 saturated heterocycles. The van der Waals surface area contributed by atoms with Gasteiger partial charge in [0.1, 0.15) is 22.5 Å². The first-order valence-electron chi connectivity index (χ1n) is 8.32. The Morgan fingerprint density at radius 3 is 2.93 bits per heavy atom. The average molecular weight is 380 g/mol. The fourth-order valence-corrected chi connectivity index (χ4v) is 2.77. The van der Waals surface area contributed by atoms with Gasteiger partial charge < -0.3 is 10.3 Å². The third-order valence-corrected chi connectivity index (χ3v) is 4.15. The minimum Gasteiger partial charge on any atom is -0.350 e. The Labute approximate surface area is 155 Å². The number of pyridine rings is 2. The molecule has 0 radical (unpaired) electrons. The number of hydrogen-bond donors (Lipinski definition) is 2. The molecule has 1 aromatic carbocycles. The molecule has 3 heterocycles. The largest absolute Gasteiger partial charge is 0.350 e. The van der Waals surface area contributed by atoms with Gasteiger partial charge in [0.05, 0.1) is 11.9 Å². The van der Waals surface area contributed by atoms with Crippen LogP contribution in [0.15, 0.2) is 52.2 Å². The van der Waals surface area contributed by atoms with Crippen LogP contribution in [0.1, 0.15) is 10.4 Å². The number of hydrogen-bond acceptors (Lipinski definition) is 6. The van der Waals surface area contributed by atoms with Crippen molar-refractivity contribution < 1.29 is 9.18 Å². The number of carbonyl (C=O) groups excluding carboxylic acids is 1. The zero-order valence-electron chi connectivity index (χ0n) is 14.3. The molecule has 2 N–H and O–H groups in total. The zero-order valence-corrected chi connectivity index (χ0v) is 14.3. The van der Waals surface area contributed by atoms with E-state index in [0.717, 1.165) is 10.7 Å². The van der Waals surface area contributed by atoms with Crippen molar-refractivity contribution >= 4 is 27.8 Å². The van der Waals surface area contributed by atoms with E-state index in [0.29, 0.717) is 11.0 Å². The van der Waals surface area contributed by atoms with E-state index < -0.39 is 22.8 Å². The molecule has 0 atom stereocenters. The highest BCUT2D eigenvalue weighted by Gasteiger charge is 2.12. The predicted octanol–water partition coefficient (Wildman–Crippen LogP) is 0.597. The molecule has 28 heavy (non-hydrogen) atoms. The third kappa shape index (κ3) is 3.22. The van der Waals surface area contributed by atoms with Crippen LogP contribution >= 0.6 is 0 Å². The van der Waals surface area contributed by atoms with Gasteiger partial charge >= 0.3 is 0 Å². The first-order chi connectivity index (χ1) is 13.5. The van der Waals surface area contributed by atoms with E-state index in [1.807, 2.05) is 0 Å². The summed E-state index contributed by atoms with van der Waals surface area (Å²) in [5, 5.41) is 10.9. The lowest BCUT2D eigenvalue weighted by Gasteiger charge is -2.07. The third-order valence-electron chi connectivity index (χ3n) is 4.15. The zero-order chi connectivity index (χ0) is 19.7. The van der Waals surface area contributed by atoms with Gasteiger partial charge in [0, 0.05) is 18.1 Å². The molecule has 0 saturated carbocycles. The molecule has 140 valence electrons. The van der Waals surface area contributed by atoms with E-state index in [1.54, 1.807) is 12.1 Å². The number of halogens is 1. The van der Waals surface area contributed by atoms with Crippen LogP contribution in [-0.4, -0.2) is 37.4 Å². The lowest BCUT2D eigenvalue weighted by molar-refractivity contribution is 0.0950. The molecule has 0 bridgehead atoms. The summed E-state index contributed by atoms with van der Waals surface area (Å²) in [4.78, 5) is 43.3. The number of nitrogens with one attached hydrogen (secondary N) is 2. The van der Waals surface area contributed by atoms with Gasteiger partial charge in [-0.05, 0) is 36.4 Å². The van der Waals surface area contributed by atoms with E-state index in [-0.39, 0.29) is 29.6 Å². The first-order valence-corrected chi connectivity index (χ1v) is 8.32. The number of H-pyrrole nitrogens is 1. The topological polar surface area (TPSA) is 123 Å². The lowest BCUT2D eigenvalue weighted by Crippen LogP contribution is -2.34. The maximum atomic E-state index is 13.4. The SMILES string of the molecule is O=C(NCCn1nnc2ccc(F)cc2c1=O)c1cc2cccnc2[nH]c1=O. The summed E-state index contributed by atoms with van der Waals surface area (Å²) in [5.74, 6) is -1.15. The van der Waals surface area contributed by atoms with E-state index in [2.05, 4.69) is 25.6 Å². The van der Waals surface area contributed by atoms with Crippen molar-refractivity contribution in [1.29, 1.82) is 0 Å². The van der Waals surface area contributed by atoms with Gasteiger partial charge in [0.15, 0.2) is 0 Å². The van der Waals surface area contributed by atoms with E-state index in [4.69, 9.17) is 0 Å². The molecule has 9 nitrogen and oxygen atoms in total. The number of rotatable bonds is 4. The number of fused-ring (bicyclic) bond motifs is 2. The maximum absolute atomic E-state index is 13.4. The van der Waals surface area contributed by atoms with Crippen molar-refractivity contribution in [3.8, 4) is 0 Å². The Kier molecular flexibility index (Phi) is 4.36. The number of aromatic nitrogens is 5. The molecule has 10 heteroatoms. The second kappa shape index (κ2) is 6.99. The Bertz CT molecular complexity index is 1330. The van der Waals surface area contributed by atoms with Gasteiger partial charge in [0.25, 0.3) is 17.0 Å². The molecule has 3 aromatic heterocycles. The second-order valence-corrected chi connectivity index (χ2v) is 5.99. The normalized spacial score (nSPS) is 11.0. The minimum absolute atomic E-state index is 0.0110. The average Bonchev–Trinajstić information content (AvgIpc) is 2.69. The predicted molar refractivity (Wildman–Crippen MR) is 98.5 cm³/mol. The summed E-state index contributed by atoms with van der Waals surface area (Å²) >= 11 is 0. The van der Waals surface area contributed by atoms with Crippen molar-refractivity contribution in [1.82, 2.24) is 30.3 Å². The van der Waals surface area contributed by atoms with Gasteiger partial charge in [-0.3, -0.25) is 14.4 Å².